The number of aromatic nitrogens is 2. The molecular formula is C19H18N4O2S. The highest BCUT2D eigenvalue weighted by Crippen LogP contribution is 2.31. The molecule has 1 heterocycles. The second kappa shape index (κ2) is 8.44. The number of nitrogens with zero attached hydrogens (tertiary/aromatic N) is 2. The smallest absolute Gasteiger partial charge is 0.321 e. The van der Waals surface area contributed by atoms with Gasteiger partial charge in [0.15, 0.2) is 0 Å². The van der Waals surface area contributed by atoms with E-state index in [1.54, 1.807) is 0 Å². The first kappa shape index (κ1) is 17.9. The molecule has 0 saturated heterocycles. The number of rotatable bonds is 5. The minimum absolute atomic E-state index is 0.217. The summed E-state index contributed by atoms with van der Waals surface area (Å²) < 4.78 is 0. The van der Waals surface area contributed by atoms with E-state index in [4.69, 9.17) is 0 Å². The Morgan fingerprint density at radius 1 is 0.962 bits per heavy atom. The summed E-state index contributed by atoms with van der Waals surface area (Å²) in [6.45, 7) is 0. The lowest BCUT2D eigenvalue weighted by atomic mass is 10.1. The Balaban J connectivity index is 1.78. The average Bonchev–Trinajstić information content (AvgIpc) is 2.68. The van der Waals surface area contributed by atoms with Gasteiger partial charge in [0.2, 0.25) is 5.91 Å². The third-order valence-electron chi connectivity index (χ3n) is 3.75. The van der Waals surface area contributed by atoms with Crippen LogP contribution in [0.2, 0.25) is 0 Å². The topological polar surface area (TPSA) is 84.0 Å². The number of hydrogen-bond donors (Lipinski definition) is 2. The van der Waals surface area contributed by atoms with E-state index in [0.29, 0.717) is 5.75 Å². The molecular weight excluding hydrogens is 348 g/mol. The molecule has 0 bridgehead atoms. The van der Waals surface area contributed by atoms with E-state index < -0.39 is 6.03 Å². The van der Waals surface area contributed by atoms with Crippen molar-refractivity contribution in [2.75, 3.05) is 12.8 Å². The van der Waals surface area contributed by atoms with Gasteiger partial charge < -0.3 is 5.32 Å². The van der Waals surface area contributed by atoms with Crippen LogP contribution in [-0.4, -0.2) is 34.9 Å². The van der Waals surface area contributed by atoms with Gasteiger partial charge in [-0.2, -0.15) is 0 Å². The molecule has 7 heteroatoms. The van der Waals surface area contributed by atoms with Crippen LogP contribution in [0, 0.1) is 0 Å². The van der Waals surface area contributed by atoms with Gasteiger partial charge in [-0.25, -0.2) is 4.79 Å². The van der Waals surface area contributed by atoms with E-state index in [-0.39, 0.29) is 12.3 Å². The second-order valence-corrected chi connectivity index (χ2v) is 6.57. The molecule has 0 aliphatic carbocycles. The first-order valence-electron chi connectivity index (χ1n) is 8.14. The van der Waals surface area contributed by atoms with Crippen molar-refractivity contribution in [2.45, 2.75) is 11.4 Å². The highest BCUT2D eigenvalue weighted by atomic mass is 32.2. The van der Waals surface area contributed by atoms with Crippen LogP contribution in [0.25, 0.3) is 22.0 Å². The number of fused-ring (bicyclic) bond motifs is 1. The summed E-state index contributed by atoms with van der Waals surface area (Å²) in [5, 5.41) is 16.1. The van der Waals surface area contributed by atoms with Gasteiger partial charge in [0.05, 0.1) is 0 Å². The van der Waals surface area contributed by atoms with Crippen molar-refractivity contribution in [1.82, 2.24) is 20.8 Å². The zero-order valence-electron chi connectivity index (χ0n) is 14.2. The Morgan fingerprint density at radius 2 is 1.65 bits per heavy atom. The molecule has 0 radical (unpaired) electrons. The number of carbonyl (C=O) groups excluding carboxylic acids is 2. The molecule has 3 rings (SSSR count). The van der Waals surface area contributed by atoms with Gasteiger partial charge in [-0.3, -0.25) is 10.1 Å². The van der Waals surface area contributed by atoms with Crippen LogP contribution in [0.1, 0.15) is 6.42 Å². The Hall–Kier alpha value is -2.93. The molecule has 0 aliphatic heterocycles. The van der Waals surface area contributed by atoms with Gasteiger partial charge in [-0.1, -0.05) is 54.6 Å². The molecule has 26 heavy (non-hydrogen) atoms. The average molecular weight is 366 g/mol. The maximum atomic E-state index is 11.7. The SMILES string of the molecule is CNC(=O)NC(=O)CCSc1nnc(-c2ccccc2)c2ccccc12. The zero-order valence-corrected chi connectivity index (χ0v) is 15.0. The lowest BCUT2D eigenvalue weighted by Gasteiger charge is -2.09. The zero-order chi connectivity index (χ0) is 18.4. The Bertz CT molecular complexity index is 931. The van der Waals surface area contributed by atoms with Crippen LogP contribution in [0.15, 0.2) is 59.6 Å². The Kier molecular flexibility index (Phi) is 5.80. The van der Waals surface area contributed by atoms with Crippen molar-refractivity contribution in [3.05, 3.63) is 54.6 Å². The fourth-order valence-electron chi connectivity index (χ4n) is 2.49. The number of amides is 3. The molecule has 1 aromatic heterocycles. The van der Waals surface area contributed by atoms with Crippen molar-refractivity contribution in [3.63, 3.8) is 0 Å². The maximum absolute atomic E-state index is 11.7. The van der Waals surface area contributed by atoms with E-state index in [0.717, 1.165) is 27.1 Å². The highest BCUT2D eigenvalue weighted by Gasteiger charge is 2.12. The van der Waals surface area contributed by atoms with E-state index in [1.165, 1.54) is 18.8 Å². The molecule has 2 aromatic carbocycles. The van der Waals surface area contributed by atoms with Crippen molar-refractivity contribution in [2.24, 2.45) is 0 Å². The van der Waals surface area contributed by atoms with Crippen molar-refractivity contribution >= 4 is 34.5 Å². The number of hydrogen-bond acceptors (Lipinski definition) is 5. The van der Waals surface area contributed by atoms with Crippen LogP contribution >= 0.6 is 11.8 Å². The van der Waals surface area contributed by atoms with Crippen LogP contribution in [-0.2, 0) is 4.79 Å². The fourth-order valence-corrected chi connectivity index (χ4v) is 3.40. The van der Waals surface area contributed by atoms with E-state index >= 15 is 0 Å². The standard InChI is InChI=1S/C19H18N4O2S/c1-20-19(25)21-16(24)11-12-26-18-15-10-6-5-9-14(15)17(22-23-18)13-7-3-2-4-8-13/h2-10H,11-12H2,1H3,(H2,20,21,24,25). The summed E-state index contributed by atoms with van der Waals surface area (Å²) in [5.41, 5.74) is 1.85. The number of carbonyl (C=O) groups is 2. The summed E-state index contributed by atoms with van der Waals surface area (Å²) in [6, 6.07) is 17.4. The summed E-state index contributed by atoms with van der Waals surface area (Å²) in [5.74, 6) is 0.182. The van der Waals surface area contributed by atoms with Gasteiger partial charge in [0.1, 0.15) is 10.7 Å². The minimum Gasteiger partial charge on any atom is -0.341 e. The Labute approximate surface area is 155 Å². The molecule has 0 saturated carbocycles. The highest BCUT2D eigenvalue weighted by molar-refractivity contribution is 7.99. The quantitative estimate of drug-likeness (QED) is 0.677. The monoisotopic (exact) mass is 366 g/mol. The van der Waals surface area contributed by atoms with Gasteiger partial charge in [-0.15, -0.1) is 22.0 Å². The third kappa shape index (κ3) is 4.18. The van der Waals surface area contributed by atoms with Crippen molar-refractivity contribution < 1.29 is 9.59 Å². The van der Waals surface area contributed by atoms with Gasteiger partial charge in [-0.05, 0) is 0 Å². The number of nitrogens with one attached hydrogen (secondary N) is 2. The molecule has 3 amide bonds. The summed E-state index contributed by atoms with van der Waals surface area (Å²) >= 11 is 1.45. The van der Waals surface area contributed by atoms with Gasteiger partial charge in [0.25, 0.3) is 0 Å². The molecule has 3 aromatic rings. The summed E-state index contributed by atoms with van der Waals surface area (Å²) in [6.07, 6.45) is 0.217. The summed E-state index contributed by atoms with van der Waals surface area (Å²) in [7, 11) is 1.47. The minimum atomic E-state index is -0.502. The fraction of sp³-hybridized carbons (Fsp3) is 0.158. The van der Waals surface area contributed by atoms with Gasteiger partial charge >= 0.3 is 6.03 Å². The van der Waals surface area contributed by atoms with Crippen molar-refractivity contribution in [1.29, 1.82) is 0 Å². The number of urea groups is 1. The lowest BCUT2D eigenvalue weighted by Crippen LogP contribution is -2.37. The molecule has 0 atom stereocenters. The number of thioether (sulfide) groups is 1. The van der Waals surface area contributed by atoms with E-state index in [2.05, 4.69) is 20.8 Å². The number of imide groups is 1. The molecule has 6 nitrogen and oxygen atoms in total. The van der Waals surface area contributed by atoms with E-state index in [9.17, 15) is 9.59 Å². The molecule has 2 N–H and O–H groups in total. The van der Waals surface area contributed by atoms with Gasteiger partial charge in [0, 0.05) is 35.6 Å². The van der Waals surface area contributed by atoms with Crippen LogP contribution in [0.5, 0.6) is 0 Å². The van der Waals surface area contributed by atoms with Crippen LogP contribution in [0.4, 0.5) is 4.79 Å². The molecule has 0 unspecified atom stereocenters. The second-order valence-electron chi connectivity index (χ2n) is 5.49. The predicted molar refractivity (Wildman–Crippen MR) is 103 cm³/mol. The first-order chi connectivity index (χ1) is 12.7. The normalized spacial score (nSPS) is 10.5. The number of benzene rings is 2. The Morgan fingerprint density at radius 3 is 2.38 bits per heavy atom. The largest absolute Gasteiger partial charge is 0.341 e. The molecule has 0 fully saturated rings. The molecule has 132 valence electrons. The lowest BCUT2D eigenvalue weighted by molar-refractivity contribution is -0.119. The predicted octanol–water partition coefficient (Wildman–Crippen LogP) is 3.23. The van der Waals surface area contributed by atoms with Crippen LogP contribution < -0.4 is 10.6 Å². The molecule has 0 spiro atoms. The summed E-state index contributed by atoms with van der Waals surface area (Å²) in [4.78, 5) is 22.8. The van der Waals surface area contributed by atoms with Crippen LogP contribution in [0.3, 0.4) is 0 Å². The van der Waals surface area contributed by atoms with Crippen molar-refractivity contribution in [3.8, 4) is 11.3 Å². The van der Waals surface area contributed by atoms with E-state index in [1.807, 2.05) is 54.6 Å². The first-order valence-corrected chi connectivity index (χ1v) is 9.13. The third-order valence-corrected chi connectivity index (χ3v) is 4.73. The maximum Gasteiger partial charge on any atom is 0.321 e. The molecule has 0 aliphatic rings.